The van der Waals surface area contributed by atoms with Crippen LogP contribution in [0.5, 0.6) is 0 Å². The van der Waals surface area contributed by atoms with Crippen LogP contribution < -0.4 is 5.32 Å². The summed E-state index contributed by atoms with van der Waals surface area (Å²) in [4.78, 5) is 0. The van der Waals surface area contributed by atoms with Crippen LogP contribution in [0.25, 0.3) is 5.32 Å². The Balaban J connectivity index is 0.00000225. The van der Waals surface area contributed by atoms with Crippen LogP contribution in [-0.4, -0.2) is 26.2 Å². The van der Waals surface area contributed by atoms with Crippen LogP contribution in [0.1, 0.15) is 6.42 Å². The number of nitrogens with zero attached hydrogens (tertiary/aromatic N) is 1. The monoisotopic (exact) mass is 291 g/mol. The van der Waals surface area contributed by atoms with Gasteiger partial charge in [-0.3, -0.25) is 0 Å². The summed E-state index contributed by atoms with van der Waals surface area (Å²) in [7, 11) is 0.808. The van der Waals surface area contributed by atoms with Crippen LogP contribution in [-0.2, 0) is 37.4 Å². The molecule has 1 rings (SSSR count). The van der Waals surface area contributed by atoms with Crippen LogP contribution in [0.3, 0.4) is 0 Å². The van der Waals surface area contributed by atoms with Gasteiger partial charge < -0.3 is 0 Å². The van der Waals surface area contributed by atoms with Gasteiger partial charge in [-0.25, -0.2) is 0 Å². The van der Waals surface area contributed by atoms with E-state index in [-0.39, 0.29) is 45.2 Å². The van der Waals surface area contributed by atoms with Crippen molar-refractivity contribution in [2.45, 2.75) is 12.5 Å². The molecule has 0 aliphatic carbocycles. The zero-order chi connectivity index (χ0) is 10.9. The minimum atomic E-state index is 0. The molecule has 83 valence electrons. The van der Waals surface area contributed by atoms with Gasteiger partial charge in [0.05, 0.1) is 0 Å². The van der Waals surface area contributed by atoms with Gasteiger partial charge in [-0.1, -0.05) is 0 Å². The summed E-state index contributed by atoms with van der Waals surface area (Å²) in [5.41, 5.74) is 1.06. The largest absolute Gasteiger partial charge is 0 e. The molecule has 0 fully saturated rings. The number of para-hydroxylation sites is 1. The first-order chi connectivity index (χ1) is 7.33. The molecule has 0 bridgehead atoms. The van der Waals surface area contributed by atoms with Crippen LogP contribution in [0.15, 0.2) is 30.3 Å². The maximum Gasteiger partial charge on any atom is 0 e. The Morgan fingerprint density at radius 2 is 2.06 bits per heavy atom. The second kappa shape index (κ2) is 10.1. The van der Waals surface area contributed by atoms with Crippen molar-refractivity contribution in [2.75, 3.05) is 18.3 Å². The van der Waals surface area contributed by atoms with Crippen molar-refractivity contribution >= 4 is 12.8 Å². The average molecular weight is 291 g/mol. The Morgan fingerprint density at radius 1 is 1.38 bits per heavy atom. The summed E-state index contributed by atoms with van der Waals surface area (Å²) in [5, 5.41) is 7.28. The van der Waals surface area contributed by atoms with Crippen molar-refractivity contribution in [2.24, 2.45) is 0 Å². The summed E-state index contributed by atoms with van der Waals surface area (Å²) >= 11 is 0. The molecule has 1 aromatic carbocycles. The molecular formula is C11H15BN2OY-2. The average Bonchev–Trinajstić information content (AvgIpc) is 2.26. The van der Waals surface area contributed by atoms with E-state index >= 15 is 0 Å². The predicted molar refractivity (Wildman–Crippen MR) is 63.4 cm³/mol. The number of nitrogens with one attached hydrogen (secondary N) is 1. The maximum atomic E-state index is 10.0. The van der Waals surface area contributed by atoms with Crippen LogP contribution >= 0.6 is 0 Å². The number of rotatable bonds is 7. The molecule has 0 heterocycles. The molecule has 0 amide bonds. The minimum absolute atomic E-state index is 0. The molecule has 0 spiro atoms. The molecule has 1 aromatic rings. The molecule has 1 atom stereocenters. The standard InChI is InChI=1S/C11H15BN2O.Y/c1-10(7-8-13-9-12-15)14-11-5-3-2-4-6-11;/h2-6,10,14H,1,7-9H2;/q-2;. The minimum Gasteiger partial charge on any atom is 0 e. The molecule has 0 saturated heterocycles. The van der Waals surface area contributed by atoms with E-state index in [4.69, 9.17) is 0 Å². The molecule has 1 unspecified atom stereocenters. The number of anilines is 1. The zero-order valence-electron chi connectivity index (χ0n) is 9.30. The van der Waals surface area contributed by atoms with Gasteiger partial charge in [0.2, 0.25) is 0 Å². The first kappa shape index (κ1) is 15.9. The summed E-state index contributed by atoms with van der Waals surface area (Å²) in [6.07, 6.45) is 1.13. The molecule has 3 nitrogen and oxygen atoms in total. The fourth-order valence-corrected chi connectivity index (χ4v) is 1.23. The topological polar surface area (TPSA) is 43.2 Å². The van der Waals surface area contributed by atoms with Crippen molar-refractivity contribution in [3.05, 3.63) is 42.6 Å². The third kappa shape index (κ3) is 7.26. The van der Waals surface area contributed by atoms with E-state index in [1.165, 1.54) is 0 Å². The second-order valence-electron chi connectivity index (χ2n) is 3.29. The predicted octanol–water partition coefficient (Wildman–Crippen LogP) is 2.07. The summed E-state index contributed by atoms with van der Waals surface area (Å²) in [6, 6.07) is 10.1. The van der Waals surface area contributed by atoms with E-state index in [0.717, 1.165) is 19.3 Å². The van der Waals surface area contributed by atoms with Crippen molar-refractivity contribution in [3.63, 3.8) is 0 Å². The molecule has 0 aliphatic rings. The van der Waals surface area contributed by atoms with Gasteiger partial charge in [0.25, 0.3) is 0 Å². The number of hydrogen-bond donors (Lipinski definition) is 1. The normalized spacial score (nSPS) is 11.1. The van der Waals surface area contributed by atoms with Gasteiger partial charge in [0.15, 0.2) is 0 Å². The molecule has 0 saturated carbocycles. The van der Waals surface area contributed by atoms with Crippen LogP contribution in [0.4, 0.5) is 5.69 Å². The zero-order valence-corrected chi connectivity index (χ0v) is 12.1. The van der Waals surface area contributed by atoms with Gasteiger partial charge in [-0.05, 0) is 0 Å². The third-order valence-electron chi connectivity index (χ3n) is 1.98. The summed E-state index contributed by atoms with van der Waals surface area (Å²) < 4.78 is 10.0. The molecule has 1 N–H and O–H groups in total. The summed E-state index contributed by atoms with van der Waals surface area (Å²) in [5.74, 6) is 0. The molecule has 16 heavy (non-hydrogen) atoms. The van der Waals surface area contributed by atoms with Crippen molar-refractivity contribution in [1.82, 2.24) is 0 Å². The van der Waals surface area contributed by atoms with Crippen LogP contribution in [0, 0.1) is 6.92 Å². The van der Waals surface area contributed by atoms with E-state index in [1.807, 2.05) is 30.3 Å². The van der Waals surface area contributed by atoms with E-state index in [1.54, 1.807) is 0 Å². The van der Waals surface area contributed by atoms with Crippen molar-refractivity contribution in [1.29, 1.82) is 0 Å². The second-order valence-corrected chi connectivity index (χ2v) is 3.29. The maximum absolute atomic E-state index is 10.0. The molecule has 5 heteroatoms. The van der Waals surface area contributed by atoms with Gasteiger partial charge >= 0.3 is 90.9 Å². The van der Waals surface area contributed by atoms with Crippen LogP contribution in [0.2, 0.25) is 0 Å². The van der Waals surface area contributed by atoms with E-state index < -0.39 is 0 Å². The van der Waals surface area contributed by atoms with E-state index in [2.05, 4.69) is 17.6 Å². The molecule has 0 aliphatic heterocycles. The summed E-state index contributed by atoms with van der Waals surface area (Å²) in [6.45, 7) is 4.64. The smallest absolute Gasteiger partial charge is 0 e. The van der Waals surface area contributed by atoms with Gasteiger partial charge in [0, 0.05) is 32.7 Å². The fraction of sp³-hybridized carbons (Fsp3) is 0.364. The Labute approximate surface area is 123 Å². The van der Waals surface area contributed by atoms with Gasteiger partial charge in [0.1, 0.15) is 0 Å². The SMILES string of the molecule is [CH2-]C(CC[N-]CB=O)Nc1ccccc1.[Y]. The number of benzene rings is 1. The molecule has 0 aromatic heterocycles. The first-order valence-corrected chi connectivity index (χ1v) is 5.04. The van der Waals surface area contributed by atoms with E-state index in [9.17, 15) is 4.70 Å². The van der Waals surface area contributed by atoms with Crippen molar-refractivity contribution < 1.29 is 37.4 Å². The first-order valence-electron chi connectivity index (χ1n) is 5.04. The fourth-order valence-electron chi connectivity index (χ4n) is 1.23. The Bertz CT molecular complexity index is 285. The van der Waals surface area contributed by atoms with Gasteiger partial charge in [-0.15, -0.1) is 0 Å². The van der Waals surface area contributed by atoms with Crippen molar-refractivity contribution in [3.8, 4) is 0 Å². The Morgan fingerprint density at radius 3 is 2.69 bits per heavy atom. The van der Waals surface area contributed by atoms with Gasteiger partial charge in [-0.2, -0.15) is 0 Å². The number of hydrogen-bond acceptors (Lipinski definition) is 2. The quantitative estimate of drug-likeness (QED) is 0.475. The van der Waals surface area contributed by atoms with E-state index in [0.29, 0.717) is 6.54 Å². The molecular weight excluding hydrogens is 276 g/mol. The Kier molecular flexibility index (Phi) is 10.1. The third-order valence-corrected chi connectivity index (χ3v) is 1.98. The Hall–Kier alpha value is -0.0512. The molecule has 1 radical (unpaired) electrons.